The molecule has 1 aromatic carbocycles. The standard InChI is InChI=1S/C16H16N2O/c19-16-12-5-1-3-7-14(12)18(11-9-10-11)15-8-4-2-6-13(15)17-16/h1-4,6-8,11-12H,5,9-10H2,(H,17,19). The monoisotopic (exact) mass is 252 g/mol. The van der Waals surface area contributed by atoms with Gasteiger partial charge >= 0.3 is 0 Å². The molecular weight excluding hydrogens is 236 g/mol. The van der Waals surface area contributed by atoms with Crippen LogP contribution in [0.15, 0.2) is 48.2 Å². The number of allylic oxidation sites excluding steroid dienone is 3. The lowest BCUT2D eigenvalue weighted by atomic mass is 9.95. The molecule has 0 saturated heterocycles. The summed E-state index contributed by atoms with van der Waals surface area (Å²) in [5.41, 5.74) is 3.24. The van der Waals surface area contributed by atoms with E-state index >= 15 is 0 Å². The van der Waals surface area contributed by atoms with Gasteiger partial charge in [0.15, 0.2) is 0 Å². The van der Waals surface area contributed by atoms with Gasteiger partial charge in [-0.05, 0) is 37.5 Å². The number of fused-ring (bicyclic) bond motifs is 2. The summed E-state index contributed by atoms with van der Waals surface area (Å²) in [4.78, 5) is 14.8. The number of rotatable bonds is 1. The summed E-state index contributed by atoms with van der Waals surface area (Å²) in [6, 6.07) is 8.68. The molecule has 1 amide bonds. The van der Waals surface area contributed by atoms with Gasteiger partial charge in [0, 0.05) is 11.7 Å². The molecule has 3 aliphatic rings. The van der Waals surface area contributed by atoms with Crippen molar-refractivity contribution < 1.29 is 4.79 Å². The van der Waals surface area contributed by atoms with Crippen LogP contribution in [0, 0.1) is 5.92 Å². The van der Waals surface area contributed by atoms with Crippen LogP contribution in [-0.2, 0) is 4.79 Å². The Morgan fingerprint density at radius 2 is 2.05 bits per heavy atom. The van der Waals surface area contributed by atoms with E-state index in [1.54, 1.807) is 0 Å². The lowest BCUT2D eigenvalue weighted by Crippen LogP contribution is -2.32. The number of para-hydroxylation sites is 2. The first-order valence-corrected chi connectivity index (χ1v) is 6.90. The van der Waals surface area contributed by atoms with Gasteiger partial charge in [0.1, 0.15) is 0 Å². The van der Waals surface area contributed by atoms with E-state index in [1.807, 2.05) is 18.2 Å². The van der Waals surface area contributed by atoms with Crippen molar-refractivity contribution in [2.45, 2.75) is 25.3 Å². The molecule has 19 heavy (non-hydrogen) atoms. The second-order valence-electron chi connectivity index (χ2n) is 5.42. The fraction of sp³-hybridized carbons (Fsp3) is 0.312. The molecule has 96 valence electrons. The Kier molecular flexibility index (Phi) is 2.28. The maximum Gasteiger partial charge on any atom is 0.233 e. The lowest BCUT2D eigenvalue weighted by molar-refractivity contribution is -0.118. The summed E-state index contributed by atoms with van der Waals surface area (Å²) < 4.78 is 0. The fourth-order valence-electron chi connectivity index (χ4n) is 3.00. The molecule has 4 rings (SSSR count). The largest absolute Gasteiger partial charge is 0.340 e. The smallest absolute Gasteiger partial charge is 0.233 e. The van der Waals surface area contributed by atoms with Crippen molar-refractivity contribution in [3.63, 3.8) is 0 Å². The summed E-state index contributed by atoms with van der Waals surface area (Å²) in [5.74, 6) is 0.0733. The number of benzene rings is 1. The Labute approximate surface area is 112 Å². The van der Waals surface area contributed by atoms with E-state index in [9.17, 15) is 4.79 Å². The van der Waals surface area contributed by atoms with E-state index < -0.39 is 0 Å². The molecule has 1 aliphatic heterocycles. The van der Waals surface area contributed by atoms with Gasteiger partial charge in [-0.2, -0.15) is 0 Å². The van der Waals surface area contributed by atoms with Gasteiger partial charge in [-0.1, -0.05) is 24.3 Å². The molecule has 0 radical (unpaired) electrons. The van der Waals surface area contributed by atoms with Crippen LogP contribution in [0.4, 0.5) is 11.4 Å². The average Bonchev–Trinajstić information content (AvgIpc) is 3.26. The van der Waals surface area contributed by atoms with E-state index in [-0.39, 0.29) is 11.8 Å². The molecule has 3 nitrogen and oxygen atoms in total. The highest BCUT2D eigenvalue weighted by Gasteiger charge is 2.39. The third-order valence-electron chi connectivity index (χ3n) is 4.06. The second kappa shape index (κ2) is 3.98. The Balaban J connectivity index is 1.90. The summed E-state index contributed by atoms with van der Waals surface area (Å²) in [5, 5.41) is 3.08. The van der Waals surface area contributed by atoms with Crippen LogP contribution in [0.25, 0.3) is 0 Å². The van der Waals surface area contributed by atoms with Gasteiger partial charge in [-0.15, -0.1) is 0 Å². The van der Waals surface area contributed by atoms with Crippen LogP contribution in [-0.4, -0.2) is 11.9 Å². The maximum atomic E-state index is 12.4. The zero-order chi connectivity index (χ0) is 12.8. The van der Waals surface area contributed by atoms with Gasteiger partial charge in [0.2, 0.25) is 5.91 Å². The number of carbonyl (C=O) groups excluding carboxylic acids is 1. The first-order chi connectivity index (χ1) is 9.34. The molecule has 1 atom stereocenters. The SMILES string of the molecule is O=C1Nc2ccccc2N(C2CC2)C2=CC=CCC12. The van der Waals surface area contributed by atoms with Gasteiger partial charge in [-0.25, -0.2) is 0 Å². The molecule has 1 aromatic rings. The number of carbonyl (C=O) groups is 1. The van der Waals surface area contributed by atoms with E-state index in [0.29, 0.717) is 6.04 Å². The minimum atomic E-state index is -0.0435. The fourth-order valence-corrected chi connectivity index (χ4v) is 3.00. The summed E-state index contributed by atoms with van der Waals surface area (Å²) >= 11 is 0. The van der Waals surface area contributed by atoms with Crippen molar-refractivity contribution in [1.29, 1.82) is 0 Å². The number of hydrogen-bond acceptors (Lipinski definition) is 2. The normalized spacial score (nSPS) is 25.1. The summed E-state index contributed by atoms with van der Waals surface area (Å²) in [6.07, 6.45) is 9.49. The van der Waals surface area contributed by atoms with Crippen LogP contribution < -0.4 is 10.2 Å². The van der Waals surface area contributed by atoms with E-state index in [0.717, 1.165) is 23.5 Å². The summed E-state index contributed by atoms with van der Waals surface area (Å²) in [6.45, 7) is 0. The Morgan fingerprint density at radius 3 is 2.89 bits per heavy atom. The topological polar surface area (TPSA) is 32.3 Å². The van der Waals surface area contributed by atoms with Crippen molar-refractivity contribution in [2.24, 2.45) is 5.92 Å². The highest BCUT2D eigenvalue weighted by Crippen LogP contribution is 2.44. The van der Waals surface area contributed by atoms with Crippen molar-refractivity contribution in [3.05, 3.63) is 48.2 Å². The number of nitrogens with one attached hydrogen (secondary N) is 1. The molecule has 1 heterocycles. The van der Waals surface area contributed by atoms with Crippen molar-refractivity contribution in [2.75, 3.05) is 10.2 Å². The second-order valence-corrected chi connectivity index (χ2v) is 5.42. The van der Waals surface area contributed by atoms with E-state index in [1.165, 1.54) is 12.8 Å². The maximum absolute atomic E-state index is 12.4. The molecule has 1 unspecified atom stereocenters. The van der Waals surface area contributed by atoms with Crippen molar-refractivity contribution in [1.82, 2.24) is 0 Å². The molecule has 1 saturated carbocycles. The van der Waals surface area contributed by atoms with Crippen LogP contribution in [0.5, 0.6) is 0 Å². The minimum Gasteiger partial charge on any atom is -0.340 e. The molecule has 0 bridgehead atoms. The minimum absolute atomic E-state index is 0.0435. The number of amides is 1. The Hall–Kier alpha value is -2.03. The van der Waals surface area contributed by atoms with Crippen molar-refractivity contribution >= 4 is 17.3 Å². The van der Waals surface area contributed by atoms with E-state index in [4.69, 9.17) is 0 Å². The van der Waals surface area contributed by atoms with Crippen LogP contribution >= 0.6 is 0 Å². The van der Waals surface area contributed by atoms with Crippen molar-refractivity contribution in [3.8, 4) is 0 Å². The number of nitrogens with zero attached hydrogens (tertiary/aromatic N) is 1. The molecule has 0 spiro atoms. The molecule has 2 aliphatic carbocycles. The molecule has 1 fully saturated rings. The molecule has 3 heteroatoms. The van der Waals surface area contributed by atoms with Crippen LogP contribution in [0.3, 0.4) is 0 Å². The van der Waals surface area contributed by atoms with Gasteiger partial charge in [-0.3, -0.25) is 4.79 Å². The average molecular weight is 252 g/mol. The third kappa shape index (κ3) is 1.69. The molecular formula is C16H16N2O. The zero-order valence-corrected chi connectivity index (χ0v) is 10.7. The van der Waals surface area contributed by atoms with Crippen LogP contribution in [0.1, 0.15) is 19.3 Å². The third-order valence-corrected chi connectivity index (χ3v) is 4.06. The number of anilines is 2. The Morgan fingerprint density at radius 1 is 1.21 bits per heavy atom. The van der Waals surface area contributed by atoms with Gasteiger partial charge in [0.25, 0.3) is 0 Å². The Bertz CT molecular complexity index is 599. The molecule has 1 N–H and O–H groups in total. The highest BCUT2D eigenvalue weighted by atomic mass is 16.2. The summed E-state index contributed by atoms with van der Waals surface area (Å²) in [7, 11) is 0. The quantitative estimate of drug-likeness (QED) is 0.833. The highest BCUT2D eigenvalue weighted by molar-refractivity contribution is 6.00. The number of hydrogen-bond donors (Lipinski definition) is 1. The lowest BCUT2D eigenvalue weighted by Gasteiger charge is -2.30. The van der Waals surface area contributed by atoms with E-state index in [2.05, 4.69) is 34.5 Å². The first kappa shape index (κ1) is 10.9. The van der Waals surface area contributed by atoms with Gasteiger partial charge < -0.3 is 10.2 Å². The molecule has 0 aromatic heterocycles. The zero-order valence-electron chi connectivity index (χ0n) is 10.7. The van der Waals surface area contributed by atoms with Crippen LogP contribution in [0.2, 0.25) is 0 Å². The first-order valence-electron chi connectivity index (χ1n) is 6.90. The predicted octanol–water partition coefficient (Wildman–Crippen LogP) is 3.07. The van der Waals surface area contributed by atoms with Gasteiger partial charge in [0.05, 0.1) is 17.3 Å². The predicted molar refractivity (Wildman–Crippen MR) is 75.9 cm³/mol.